The van der Waals surface area contributed by atoms with E-state index in [0.717, 1.165) is 25.0 Å². The highest BCUT2D eigenvalue weighted by molar-refractivity contribution is 7.89. The lowest BCUT2D eigenvalue weighted by atomic mass is 10.2. The standard InChI is InChI=1S/C20H23N3O5S/c1-15-8-9-17(28-15)10-11-19(24)21-22-20(25)16-6-5-7-18(14-16)29(26,27)23-12-3-2-4-13-23/h5-11,14H,2-4,12-13H2,1H3,(H,21,24)(H,22,25)/b11-10+. The molecule has 0 bridgehead atoms. The summed E-state index contributed by atoms with van der Waals surface area (Å²) in [7, 11) is -3.64. The number of rotatable bonds is 5. The van der Waals surface area contributed by atoms with Gasteiger partial charge < -0.3 is 4.42 Å². The van der Waals surface area contributed by atoms with Crippen molar-refractivity contribution in [2.24, 2.45) is 0 Å². The molecule has 1 fully saturated rings. The summed E-state index contributed by atoms with van der Waals surface area (Å²) in [5, 5.41) is 0. The molecule has 0 saturated carbocycles. The second-order valence-corrected chi connectivity index (χ2v) is 8.66. The molecule has 3 rings (SSSR count). The zero-order valence-electron chi connectivity index (χ0n) is 16.1. The van der Waals surface area contributed by atoms with E-state index in [1.807, 2.05) is 0 Å². The van der Waals surface area contributed by atoms with Gasteiger partial charge in [-0.05, 0) is 56.2 Å². The molecule has 154 valence electrons. The molecule has 1 saturated heterocycles. The topological polar surface area (TPSA) is 109 Å². The fraction of sp³-hybridized carbons (Fsp3) is 0.300. The number of benzene rings is 1. The van der Waals surface area contributed by atoms with Crippen molar-refractivity contribution in [1.82, 2.24) is 15.2 Å². The van der Waals surface area contributed by atoms with Crippen LogP contribution in [0, 0.1) is 6.92 Å². The molecule has 1 aromatic heterocycles. The van der Waals surface area contributed by atoms with E-state index in [1.54, 1.807) is 19.1 Å². The molecule has 2 aromatic rings. The first-order valence-electron chi connectivity index (χ1n) is 9.31. The third-order valence-electron chi connectivity index (χ3n) is 4.51. The Morgan fingerprint density at radius 1 is 1.07 bits per heavy atom. The van der Waals surface area contributed by atoms with Crippen molar-refractivity contribution in [2.45, 2.75) is 31.1 Å². The number of furan rings is 1. The van der Waals surface area contributed by atoms with Crippen LogP contribution in [0.5, 0.6) is 0 Å². The number of carbonyl (C=O) groups is 2. The van der Waals surface area contributed by atoms with E-state index >= 15 is 0 Å². The van der Waals surface area contributed by atoms with Crippen LogP contribution in [0.2, 0.25) is 0 Å². The van der Waals surface area contributed by atoms with Gasteiger partial charge in [-0.15, -0.1) is 0 Å². The number of amides is 2. The summed E-state index contributed by atoms with van der Waals surface area (Å²) in [5.41, 5.74) is 4.66. The molecule has 0 atom stereocenters. The van der Waals surface area contributed by atoms with Gasteiger partial charge in [-0.2, -0.15) is 4.31 Å². The minimum absolute atomic E-state index is 0.0615. The van der Waals surface area contributed by atoms with E-state index in [-0.39, 0.29) is 10.5 Å². The predicted octanol–water partition coefficient (Wildman–Crippen LogP) is 2.24. The van der Waals surface area contributed by atoms with Gasteiger partial charge in [0.25, 0.3) is 11.8 Å². The number of sulfonamides is 1. The van der Waals surface area contributed by atoms with Crippen LogP contribution in [0.4, 0.5) is 0 Å². The number of hydrazine groups is 1. The van der Waals surface area contributed by atoms with Crippen molar-refractivity contribution in [2.75, 3.05) is 13.1 Å². The van der Waals surface area contributed by atoms with E-state index in [9.17, 15) is 18.0 Å². The molecule has 2 heterocycles. The maximum atomic E-state index is 12.8. The molecule has 2 N–H and O–H groups in total. The Morgan fingerprint density at radius 3 is 2.52 bits per heavy atom. The Kier molecular flexibility index (Phi) is 6.50. The molecule has 29 heavy (non-hydrogen) atoms. The van der Waals surface area contributed by atoms with Crippen LogP contribution in [0.3, 0.4) is 0 Å². The van der Waals surface area contributed by atoms with Gasteiger partial charge in [0.2, 0.25) is 10.0 Å². The van der Waals surface area contributed by atoms with Crippen molar-refractivity contribution in [3.05, 3.63) is 59.6 Å². The quantitative estimate of drug-likeness (QED) is 0.573. The van der Waals surface area contributed by atoms with Gasteiger partial charge in [-0.25, -0.2) is 8.42 Å². The Morgan fingerprint density at radius 2 is 1.83 bits per heavy atom. The van der Waals surface area contributed by atoms with Gasteiger partial charge in [0.05, 0.1) is 4.90 Å². The lowest BCUT2D eigenvalue weighted by molar-refractivity contribution is -0.117. The minimum Gasteiger partial charge on any atom is -0.462 e. The third-order valence-corrected chi connectivity index (χ3v) is 6.40. The van der Waals surface area contributed by atoms with Gasteiger partial charge in [-0.1, -0.05) is 12.5 Å². The monoisotopic (exact) mass is 417 g/mol. The van der Waals surface area contributed by atoms with Crippen LogP contribution in [-0.4, -0.2) is 37.6 Å². The van der Waals surface area contributed by atoms with Crippen molar-refractivity contribution in [3.8, 4) is 0 Å². The van der Waals surface area contributed by atoms with E-state index in [4.69, 9.17) is 4.42 Å². The molecule has 9 heteroatoms. The van der Waals surface area contributed by atoms with Gasteiger partial charge in [-0.3, -0.25) is 20.4 Å². The molecule has 0 aliphatic carbocycles. The molecule has 0 spiro atoms. The van der Waals surface area contributed by atoms with Crippen LogP contribution < -0.4 is 10.9 Å². The zero-order chi connectivity index (χ0) is 20.9. The number of hydrogen-bond acceptors (Lipinski definition) is 5. The number of nitrogens with zero attached hydrogens (tertiary/aromatic N) is 1. The molecule has 2 amide bonds. The van der Waals surface area contributed by atoms with Gasteiger partial charge in [0.15, 0.2) is 0 Å². The van der Waals surface area contributed by atoms with E-state index in [0.29, 0.717) is 18.8 Å². The van der Waals surface area contributed by atoms with Crippen molar-refractivity contribution < 1.29 is 22.4 Å². The average molecular weight is 417 g/mol. The normalized spacial score (nSPS) is 15.3. The fourth-order valence-electron chi connectivity index (χ4n) is 2.99. The van der Waals surface area contributed by atoms with Crippen LogP contribution in [0.1, 0.15) is 41.1 Å². The molecule has 0 unspecified atom stereocenters. The van der Waals surface area contributed by atoms with Crippen LogP contribution in [0.25, 0.3) is 6.08 Å². The summed E-state index contributed by atoms with van der Waals surface area (Å²) in [6, 6.07) is 9.25. The average Bonchev–Trinajstić information content (AvgIpc) is 3.16. The van der Waals surface area contributed by atoms with Gasteiger partial charge in [0.1, 0.15) is 11.5 Å². The molecule has 1 aromatic carbocycles. The number of nitrogens with one attached hydrogen (secondary N) is 2. The molecular formula is C20H23N3O5S. The molecular weight excluding hydrogens is 394 g/mol. The number of carbonyl (C=O) groups excluding carboxylic acids is 2. The fourth-order valence-corrected chi connectivity index (χ4v) is 4.55. The lowest BCUT2D eigenvalue weighted by Gasteiger charge is -2.26. The number of aryl methyl sites for hydroxylation is 1. The first-order valence-corrected chi connectivity index (χ1v) is 10.8. The summed E-state index contributed by atoms with van der Waals surface area (Å²) in [4.78, 5) is 24.2. The second-order valence-electron chi connectivity index (χ2n) is 6.72. The van der Waals surface area contributed by atoms with Crippen LogP contribution in [-0.2, 0) is 14.8 Å². The van der Waals surface area contributed by atoms with Crippen molar-refractivity contribution >= 4 is 27.9 Å². The Bertz CT molecular complexity index is 1020. The lowest BCUT2D eigenvalue weighted by Crippen LogP contribution is -2.41. The van der Waals surface area contributed by atoms with Crippen molar-refractivity contribution in [3.63, 3.8) is 0 Å². The number of hydrogen-bond donors (Lipinski definition) is 2. The Balaban J connectivity index is 1.61. The first kappa shape index (κ1) is 20.8. The molecule has 1 aliphatic heterocycles. The number of piperidine rings is 1. The summed E-state index contributed by atoms with van der Waals surface area (Å²) in [5.74, 6) is 0.0677. The summed E-state index contributed by atoms with van der Waals surface area (Å²) >= 11 is 0. The van der Waals surface area contributed by atoms with Crippen molar-refractivity contribution in [1.29, 1.82) is 0 Å². The maximum Gasteiger partial charge on any atom is 0.269 e. The van der Waals surface area contributed by atoms with E-state index < -0.39 is 21.8 Å². The van der Waals surface area contributed by atoms with Gasteiger partial charge >= 0.3 is 0 Å². The Hall–Kier alpha value is -2.91. The van der Waals surface area contributed by atoms with Crippen LogP contribution in [0.15, 0.2) is 51.8 Å². The molecule has 1 aliphatic rings. The summed E-state index contributed by atoms with van der Waals surface area (Å²) in [6.45, 7) is 2.75. The Labute approximate surface area is 169 Å². The summed E-state index contributed by atoms with van der Waals surface area (Å²) in [6.07, 6.45) is 5.37. The predicted molar refractivity (Wildman–Crippen MR) is 107 cm³/mol. The van der Waals surface area contributed by atoms with Crippen LogP contribution >= 0.6 is 0 Å². The van der Waals surface area contributed by atoms with E-state index in [1.165, 1.54) is 40.7 Å². The second kappa shape index (κ2) is 9.06. The molecule has 0 radical (unpaired) electrons. The summed E-state index contributed by atoms with van der Waals surface area (Å²) < 4.78 is 32.3. The maximum absolute atomic E-state index is 12.8. The van der Waals surface area contributed by atoms with E-state index in [2.05, 4.69) is 10.9 Å². The highest BCUT2D eigenvalue weighted by Gasteiger charge is 2.26. The van der Waals surface area contributed by atoms with Gasteiger partial charge in [0, 0.05) is 24.7 Å². The smallest absolute Gasteiger partial charge is 0.269 e. The highest BCUT2D eigenvalue weighted by Crippen LogP contribution is 2.21. The SMILES string of the molecule is Cc1ccc(/C=C/C(=O)NNC(=O)c2cccc(S(=O)(=O)N3CCCCC3)c2)o1. The minimum atomic E-state index is -3.64. The first-order chi connectivity index (χ1) is 13.9. The zero-order valence-corrected chi connectivity index (χ0v) is 16.9. The third kappa shape index (κ3) is 5.33. The molecule has 8 nitrogen and oxygen atoms in total. The largest absolute Gasteiger partial charge is 0.462 e. The highest BCUT2D eigenvalue weighted by atomic mass is 32.2.